The third-order valence-corrected chi connectivity index (χ3v) is 2.18. The second kappa shape index (κ2) is 5.98. The molecule has 0 aliphatic carbocycles. The average molecular weight is 237 g/mol. The van der Waals surface area contributed by atoms with Gasteiger partial charge in [-0.25, -0.2) is 0 Å². The zero-order valence-corrected chi connectivity index (χ0v) is 10.4. The van der Waals surface area contributed by atoms with Crippen LogP contribution in [0.25, 0.3) is 0 Å². The molecular formula is C12H19N3O2. The minimum absolute atomic E-state index is 0.0674. The molecule has 1 aromatic carbocycles. The van der Waals surface area contributed by atoms with Gasteiger partial charge in [-0.15, -0.1) is 0 Å². The highest BCUT2D eigenvalue weighted by atomic mass is 16.5. The van der Waals surface area contributed by atoms with Crippen molar-refractivity contribution in [2.24, 2.45) is 0 Å². The lowest BCUT2D eigenvalue weighted by Gasteiger charge is -2.13. The fourth-order valence-electron chi connectivity index (χ4n) is 1.42. The van der Waals surface area contributed by atoms with Gasteiger partial charge in [0.2, 0.25) is 5.91 Å². The Labute approximate surface area is 101 Å². The van der Waals surface area contributed by atoms with E-state index in [1.807, 2.05) is 19.9 Å². The maximum atomic E-state index is 11.4. The summed E-state index contributed by atoms with van der Waals surface area (Å²) in [5, 5.41) is 5.76. The van der Waals surface area contributed by atoms with Gasteiger partial charge in [-0.1, -0.05) is 6.07 Å². The molecule has 94 valence electrons. The first kappa shape index (κ1) is 13.2. The Morgan fingerprint density at radius 2 is 2.18 bits per heavy atom. The largest absolute Gasteiger partial charge is 0.495 e. The molecule has 0 bridgehead atoms. The van der Waals surface area contributed by atoms with Crippen molar-refractivity contribution in [2.45, 2.75) is 19.9 Å². The highest BCUT2D eigenvalue weighted by Crippen LogP contribution is 2.28. The third-order valence-electron chi connectivity index (χ3n) is 2.18. The molecule has 17 heavy (non-hydrogen) atoms. The summed E-state index contributed by atoms with van der Waals surface area (Å²) in [7, 11) is 1.56. The van der Waals surface area contributed by atoms with Crippen LogP contribution in [-0.4, -0.2) is 25.6 Å². The van der Waals surface area contributed by atoms with Crippen molar-refractivity contribution >= 4 is 17.3 Å². The Balaban J connectivity index is 2.60. The van der Waals surface area contributed by atoms with Crippen LogP contribution in [0.5, 0.6) is 5.75 Å². The third kappa shape index (κ3) is 3.86. The van der Waals surface area contributed by atoms with E-state index in [1.165, 1.54) is 0 Å². The van der Waals surface area contributed by atoms with Crippen molar-refractivity contribution in [3.63, 3.8) is 0 Å². The van der Waals surface area contributed by atoms with Crippen LogP contribution in [0.2, 0.25) is 0 Å². The maximum absolute atomic E-state index is 11.4. The zero-order valence-electron chi connectivity index (χ0n) is 10.4. The number of nitrogens with one attached hydrogen (secondary N) is 2. The monoisotopic (exact) mass is 237 g/mol. The number of rotatable bonds is 5. The molecule has 0 aliphatic rings. The molecule has 0 atom stereocenters. The number of hydrogen-bond donors (Lipinski definition) is 3. The summed E-state index contributed by atoms with van der Waals surface area (Å²) in [5.41, 5.74) is 7.07. The number of amides is 1. The number of benzene rings is 1. The summed E-state index contributed by atoms with van der Waals surface area (Å²) in [6, 6.07) is 5.53. The van der Waals surface area contributed by atoms with Gasteiger partial charge in [-0.3, -0.25) is 4.79 Å². The number of para-hydroxylation sites is 1. The smallest absolute Gasteiger partial charge is 0.239 e. The molecule has 1 aromatic rings. The summed E-state index contributed by atoms with van der Waals surface area (Å²) in [6.07, 6.45) is 0. The lowest BCUT2D eigenvalue weighted by molar-refractivity contribution is -0.119. The van der Waals surface area contributed by atoms with Crippen LogP contribution in [0.3, 0.4) is 0 Å². The number of carbonyl (C=O) groups is 1. The molecule has 0 radical (unpaired) electrons. The number of methoxy groups -OCH3 is 1. The summed E-state index contributed by atoms with van der Waals surface area (Å²) in [5.74, 6) is 0.529. The molecule has 0 fully saturated rings. The second-order valence-corrected chi connectivity index (χ2v) is 4.00. The van der Waals surface area contributed by atoms with Crippen LogP contribution in [0.4, 0.5) is 11.4 Å². The van der Waals surface area contributed by atoms with Gasteiger partial charge in [0.05, 0.1) is 25.0 Å². The van der Waals surface area contributed by atoms with Crippen molar-refractivity contribution in [1.29, 1.82) is 0 Å². The van der Waals surface area contributed by atoms with Crippen molar-refractivity contribution in [2.75, 3.05) is 24.7 Å². The Morgan fingerprint density at radius 3 is 2.76 bits per heavy atom. The Morgan fingerprint density at radius 1 is 1.47 bits per heavy atom. The fraction of sp³-hybridized carbons (Fsp3) is 0.417. The molecule has 0 aliphatic heterocycles. The number of carbonyl (C=O) groups excluding carboxylic acids is 1. The lowest BCUT2D eigenvalue weighted by atomic mass is 10.2. The van der Waals surface area contributed by atoms with Crippen LogP contribution < -0.4 is 21.1 Å². The van der Waals surface area contributed by atoms with E-state index in [2.05, 4.69) is 10.6 Å². The van der Waals surface area contributed by atoms with E-state index in [0.29, 0.717) is 17.1 Å². The van der Waals surface area contributed by atoms with Crippen LogP contribution in [0.15, 0.2) is 18.2 Å². The summed E-state index contributed by atoms with van der Waals surface area (Å²) >= 11 is 0. The van der Waals surface area contributed by atoms with Gasteiger partial charge in [0.15, 0.2) is 0 Å². The first-order valence-electron chi connectivity index (χ1n) is 5.50. The Bertz CT molecular complexity index is 391. The number of nitrogen functional groups attached to an aromatic ring is 1. The van der Waals surface area contributed by atoms with Crippen LogP contribution in [0, 0.1) is 0 Å². The van der Waals surface area contributed by atoms with Gasteiger partial charge in [0.1, 0.15) is 5.75 Å². The normalized spacial score (nSPS) is 10.1. The van der Waals surface area contributed by atoms with Gasteiger partial charge in [-0.05, 0) is 26.0 Å². The summed E-state index contributed by atoms with van der Waals surface area (Å²) < 4.78 is 5.09. The fourth-order valence-corrected chi connectivity index (χ4v) is 1.42. The molecule has 0 saturated carbocycles. The first-order valence-corrected chi connectivity index (χ1v) is 5.50. The minimum atomic E-state index is -0.0674. The van der Waals surface area contributed by atoms with E-state index >= 15 is 0 Å². The molecule has 0 unspecified atom stereocenters. The second-order valence-electron chi connectivity index (χ2n) is 4.00. The highest BCUT2D eigenvalue weighted by Gasteiger charge is 2.07. The van der Waals surface area contributed by atoms with E-state index in [-0.39, 0.29) is 18.5 Å². The standard InChI is InChI=1S/C12H19N3O2/c1-8(2)15-11(16)7-14-9-5-4-6-10(17-3)12(9)13/h4-6,8,14H,7,13H2,1-3H3,(H,15,16). The summed E-state index contributed by atoms with van der Waals surface area (Å²) in [6.45, 7) is 4.02. The predicted molar refractivity (Wildman–Crippen MR) is 69.2 cm³/mol. The molecule has 4 N–H and O–H groups in total. The van der Waals surface area contributed by atoms with E-state index in [0.717, 1.165) is 0 Å². The van der Waals surface area contributed by atoms with E-state index in [9.17, 15) is 4.79 Å². The van der Waals surface area contributed by atoms with Crippen LogP contribution in [-0.2, 0) is 4.79 Å². The van der Waals surface area contributed by atoms with Crippen molar-refractivity contribution in [1.82, 2.24) is 5.32 Å². The van der Waals surface area contributed by atoms with Gasteiger partial charge in [-0.2, -0.15) is 0 Å². The van der Waals surface area contributed by atoms with Crippen LogP contribution >= 0.6 is 0 Å². The first-order chi connectivity index (χ1) is 8.04. The molecule has 0 saturated heterocycles. The van der Waals surface area contributed by atoms with Crippen LogP contribution in [0.1, 0.15) is 13.8 Å². The molecule has 0 spiro atoms. The molecule has 0 aromatic heterocycles. The minimum Gasteiger partial charge on any atom is -0.495 e. The van der Waals surface area contributed by atoms with Gasteiger partial charge in [0, 0.05) is 6.04 Å². The number of nitrogens with two attached hydrogens (primary N) is 1. The van der Waals surface area contributed by atoms with E-state index in [1.54, 1.807) is 19.2 Å². The highest BCUT2D eigenvalue weighted by molar-refractivity contribution is 5.83. The number of ether oxygens (including phenoxy) is 1. The number of hydrogen-bond acceptors (Lipinski definition) is 4. The molecular weight excluding hydrogens is 218 g/mol. The predicted octanol–water partition coefficient (Wildman–Crippen LogP) is 1.21. The Kier molecular flexibility index (Phi) is 4.63. The zero-order chi connectivity index (χ0) is 12.8. The molecule has 5 nitrogen and oxygen atoms in total. The summed E-state index contributed by atoms with van der Waals surface area (Å²) in [4.78, 5) is 11.4. The topological polar surface area (TPSA) is 76.4 Å². The molecule has 1 amide bonds. The lowest BCUT2D eigenvalue weighted by Crippen LogP contribution is -2.34. The molecule has 1 rings (SSSR count). The van der Waals surface area contributed by atoms with Gasteiger partial charge in [0.25, 0.3) is 0 Å². The van der Waals surface area contributed by atoms with Gasteiger partial charge >= 0.3 is 0 Å². The SMILES string of the molecule is COc1cccc(NCC(=O)NC(C)C)c1N. The van der Waals surface area contributed by atoms with Gasteiger partial charge < -0.3 is 21.1 Å². The van der Waals surface area contributed by atoms with E-state index < -0.39 is 0 Å². The van der Waals surface area contributed by atoms with Crippen molar-refractivity contribution in [3.05, 3.63) is 18.2 Å². The number of anilines is 2. The maximum Gasteiger partial charge on any atom is 0.239 e. The quantitative estimate of drug-likeness (QED) is 0.673. The van der Waals surface area contributed by atoms with E-state index in [4.69, 9.17) is 10.5 Å². The molecule has 0 heterocycles. The van der Waals surface area contributed by atoms with Crippen molar-refractivity contribution < 1.29 is 9.53 Å². The molecule has 5 heteroatoms. The van der Waals surface area contributed by atoms with Crippen molar-refractivity contribution in [3.8, 4) is 5.75 Å². The Hall–Kier alpha value is -1.91. The average Bonchev–Trinajstić information content (AvgIpc) is 2.27.